The molecule has 0 spiro atoms. The lowest BCUT2D eigenvalue weighted by molar-refractivity contribution is -0.120. The summed E-state index contributed by atoms with van der Waals surface area (Å²) in [6.45, 7) is -0.226. The van der Waals surface area contributed by atoms with Crippen molar-refractivity contribution in [3.63, 3.8) is 0 Å². The summed E-state index contributed by atoms with van der Waals surface area (Å²) in [4.78, 5) is 40.7. The molecule has 3 rings (SSSR count). The number of carbonyl (C=O) groups excluding carboxylic acids is 2. The average molecular weight is 334 g/mol. The number of amides is 3. The van der Waals surface area contributed by atoms with E-state index in [4.69, 9.17) is 0 Å². The third-order valence-corrected chi connectivity index (χ3v) is 4.78. The quantitative estimate of drug-likeness (QED) is 0.892. The fourth-order valence-electron chi connectivity index (χ4n) is 2.80. The number of hydrogen-bond acceptors (Lipinski definition) is 5. The summed E-state index contributed by atoms with van der Waals surface area (Å²) < 4.78 is 1.21. The van der Waals surface area contributed by atoms with Gasteiger partial charge >= 0.3 is 6.03 Å². The van der Waals surface area contributed by atoms with Crippen molar-refractivity contribution in [3.05, 3.63) is 28.1 Å². The Kier molecular flexibility index (Phi) is 4.71. The van der Waals surface area contributed by atoms with Crippen LogP contribution < -0.4 is 16.2 Å². The monoisotopic (exact) mass is 334 g/mol. The predicted molar refractivity (Wildman–Crippen MR) is 87.4 cm³/mol. The zero-order chi connectivity index (χ0) is 16.2. The molecule has 122 valence electrons. The average Bonchev–Trinajstić information content (AvgIpc) is 3.00. The summed E-state index contributed by atoms with van der Waals surface area (Å²) in [5.41, 5.74) is -0.279. The van der Waals surface area contributed by atoms with Crippen LogP contribution >= 0.6 is 11.3 Å². The Morgan fingerprint density at radius 1 is 1.30 bits per heavy atom. The van der Waals surface area contributed by atoms with Crippen LogP contribution in [0.2, 0.25) is 0 Å². The highest BCUT2D eigenvalue weighted by Crippen LogP contribution is 2.17. The summed E-state index contributed by atoms with van der Waals surface area (Å²) in [6.07, 6.45) is 6.61. The maximum atomic E-state index is 12.2. The van der Waals surface area contributed by atoms with E-state index >= 15 is 0 Å². The SMILES string of the molecule is O=C(Cn1cnc2sccc2c1=O)NC(=O)NC1CCCCC1. The fraction of sp³-hybridized carbons (Fsp3) is 0.467. The van der Waals surface area contributed by atoms with Crippen LogP contribution in [0, 0.1) is 0 Å². The topological polar surface area (TPSA) is 93.1 Å². The van der Waals surface area contributed by atoms with Crippen molar-refractivity contribution in [2.45, 2.75) is 44.7 Å². The number of rotatable bonds is 3. The lowest BCUT2D eigenvalue weighted by Crippen LogP contribution is -2.46. The molecular weight excluding hydrogens is 316 g/mol. The van der Waals surface area contributed by atoms with E-state index in [0.717, 1.165) is 25.7 Å². The van der Waals surface area contributed by atoms with Crippen LogP contribution in [0.25, 0.3) is 10.2 Å². The molecule has 0 bridgehead atoms. The number of aromatic nitrogens is 2. The lowest BCUT2D eigenvalue weighted by atomic mass is 9.96. The van der Waals surface area contributed by atoms with Crippen molar-refractivity contribution < 1.29 is 9.59 Å². The van der Waals surface area contributed by atoms with Crippen molar-refractivity contribution in [2.75, 3.05) is 0 Å². The highest BCUT2D eigenvalue weighted by molar-refractivity contribution is 7.16. The zero-order valence-corrected chi connectivity index (χ0v) is 13.4. The molecule has 1 aliphatic rings. The smallest absolute Gasteiger partial charge is 0.321 e. The van der Waals surface area contributed by atoms with Gasteiger partial charge < -0.3 is 5.32 Å². The Balaban J connectivity index is 1.58. The van der Waals surface area contributed by atoms with E-state index in [1.165, 1.54) is 28.7 Å². The summed E-state index contributed by atoms with van der Waals surface area (Å²) in [5, 5.41) is 7.34. The number of urea groups is 1. The number of nitrogens with one attached hydrogen (secondary N) is 2. The van der Waals surface area contributed by atoms with Gasteiger partial charge in [0.1, 0.15) is 11.4 Å². The van der Waals surface area contributed by atoms with Gasteiger partial charge in [-0.25, -0.2) is 9.78 Å². The minimum Gasteiger partial charge on any atom is -0.335 e. The van der Waals surface area contributed by atoms with Crippen LogP contribution in [-0.2, 0) is 11.3 Å². The second kappa shape index (κ2) is 6.91. The first kappa shape index (κ1) is 15.7. The van der Waals surface area contributed by atoms with Gasteiger partial charge in [-0.3, -0.25) is 19.5 Å². The predicted octanol–water partition coefficient (Wildman–Crippen LogP) is 1.62. The van der Waals surface area contributed by atoms with E-state index < -0.39 is 11.9 Å². The Hall–Kier alpha value is -2.22. The molecule has 2 aromatic heterocycles. The van der Waals surface area contributed by atoms with Gasteiger partial charge in [0, 0.05) is 6.04 Å². The third kappa shape index (κ3) is 3.76. The van der Waals surface area contributed by atoms with E-state index in [1.54, 1.807) is 11.4 Å². The zero-order valence-electron chi connectivity index (χ0n) is 12.6. The maximum absolute atomic E-state index is 12.2. The van der Waals surface area contributed by atoms with Crippen molar-refractivity contribution in [1.29, 1.82) is 0 Å². The molecule has 2 heterocycles. The van der Waals surface area contributed by atoms with E-state index in [-0.39, 0.29) is 18.1 Å². The molecule has 0 atom stereocenters. The van der Waals surface area contributed by atoms with E-state index in [1.807, 2.05) is 0 Å². The number of fused-ring (bicyclic) bond motifs is 1. The van der Waals surface area contributed by atoms with Crippen molar-refractivity contribution in [2.24, 2.45) is 0 Å². The Bertz CT molecular complexity index is 776. The summed E-state index contributed by atoms with van der Waals surface area (Å²) in [7, 11) is 0. The van der Waals surface area contributed by atoms with Crippen LogP contribution in [0.3, 0.4) is 0 Å². The van der Waals surface area contributed by atoms with Crippen molar-refractivity contribution in [1.82, 2.24) is 20.2 Å². The minimum absolute atomic E-state index is 0.128. The van der Waals surface area contributed by atoms with Crippen LogP contribution in [0.1, 0.15) is 32.1 Å². The van der Waals surface area contributed by atoms with Gasteiger partial charge in [0.2, 0.25) is 5.91 Å². The molecule has 3 amide bonds. The number of carbonyl (C=O) groups is 2. The Morgan fingerprint density at radius 2 is 2.09 bits per heavy atom. The lowest BCUT2D eigenvalue weighted by Gasteiger charge is -2.22. The van der Waals surface area contributed by atoms with Crippen molar-refractivity contribution in [3.8, 4) is 0 Å². The normalized spacial score (nSPS) is 15.5. The van der Waals surface area contributed by atoms with Gasteiger partial charge in [0.15, 0.2) is 0 Å². The molecule has 2 aromatic rings. The second-order valence-electron chi connectivity index (χ2n) is 5.67. The van der Waals surface area contributed by atoms with Gasteiger partial charge in [-0.15, -0.1) is 11.3 Å². The molecule has 2 N–H and O–H groups in total. The minimum atomic E-state index is -0.531. The number of nitrogens with zero attached hydrogens (tertiary/aromatic N) is 2. The summed E-state index contributed by atoms with van der Waals surface area (Å²) in [6, 6.07) is 1.31. The molecule has 1 aliphatic carbocycles. The van der Waals surface area contributed by atoms with Gasteiger partial charge in [-0.2, -0.15) is 0 Å². The number of imide groups is 1. The first-order valence-corrected chi connectivity index (χ1v) is 8.54. The highest BCUT2D eigenvalue weighted by Gasteiger charge is 2.17. The van der Waals surface area contributed by atoms with Gasteiger partial charge in [0.25, 0.3) is 5.56 Å². The molecule has 1 fully saturated rings. The molecule has 23 heavy (non-hydrogen) atoms. The van der Waals surface area contributed by atoms with Gasteiger partial charge in [-0.1, -0.05) is 19.3 Å². The van der Waals surface area contributed by atoms with E-state index in [2.05, 4.69) is 15.6 Å². The van der Waals surface area contributed by atoms with Crippen LogP contribution in [-0.4, -0.2) is 27.5 Å². The maximum Gasteiger partial charge on any atom is 0.321 e. The van der Waals surface area contributed by atoms with Crippen LogP contribution in [0.4, 0.5) is 4.79 Å². The molecule has 0 unspecified atom stereocenters. The molecule has 0 radical (unpaired) electrons. The summed E-state index contributed by atoms with van der Waals surface area (Å²) in [5.74, 6) is -0.531. The third-order valence-electron chi connectivity index (χ3n) is 3.96. The molecule has 8 heteroatoms. The van der Waals surface area contributed by atoms with E-state index in [0.29, 0.717) is 10.2 Å². The molecule has 0 aliphatic heterocycles. The first-order chi connectivity index (χ1) is 11.1. The molecule has 1 saturated carbocycles. The number of hydrogen-bond donors (Lipinski definition) is 2. The van der Waals surface area contributed by atoms with E-state index in [9.17, 15) is 14.4 Å². The van der Waals surface area contributed by atoms with Crippen LogP contribution in [0.5, 0.6) is 0 Å². The van der Waals surface area contributed by atoms with Crippen LogP contribution in [0.15, 0.2) is 22.6 Å². The molecule has 0 aromatic carbocycles. The Labute approximate surface area is 136 Å². The standard InChI is InChI=1S/C15H18N4O3S/c20-12(18-15(22)17-10-4-2-1-3-5-10)8-19-9-16-13-11(14(19)21)6-7-23-13/h6-7,9-10H,1-5,8H2,(H2,17,18,20,22). The van der Waals surface area contributed by atoms with Crippen molar-refractivity contribution >= 4 is 33.5 Å². The van der Waals surface area contributed by atoms with Gasteiger partial charge in [-0.05, 0) is 24.3 Å². The molecule has 0 saturated heterocycles. The highest BCUT2D eigenvalue weighted by atomic mass is 32.1. The largest absolute Gasteiger partial charge is 0.335 e. The molecule has 7 nitrogen and oxygen atoms in total. The Morgan fingerprint density at radius 3 is 2.87 bits per heavy atom. The van der Waals surface area contributed by atoms with Gasteiger partial charge in [0.05, 0.1) is 11.7 Å². The summed E-state index contributed by atoms with van der Waals surface area (Å²) >= 11 is 1.37. The second-order valence-corrected chi connectivity index (χ2v) is 6.57. The number of thiophene rings is 1. The fourth-order valence-corrected chi connectivity index (χ4v) is 3.52. The molecular formula is C15H18N4O3S. The first-order valence-electron chi connectivity index (χ1n) is 7.66.